The molecule has 0 aliphatic carbocycles. The van der Waals surface area contributed by atoms with Crippen LogP contribution >= 0.6 is 11.3 Å². The molecule has 0 fully saturated rings. The van der Waals surface area contributed by atoms with Crippen LogP contribution in [0.1, 0.15) is 73.6 Å². The molecule has 0 saturated heterocycles. The monoisotopic (exact) mass is 468 g/mol. The smallest absolute Gasteiger partial charge is 0.311 e. The predicted octanol–water partition coefficient (Wildman–Crippen LogP) is 4.93. The van der Waals surface area contributed by atoms with Crippen molar-refractivity contribution in [1.82, 2.24) is 20.5 Å². The van der Waals surface area contributed by atoms with Gasteiger partial charge in [0.1, 0.15) is 10.0 Å². The van der Waals surface area contributed by atoms with Gasteiger partial charge in [-0.2, -0.15) is 0 Å². The van der Waals surface area contributed by atoms with Crippen LogP contribution in [0.5, 0.6) is 11.5 Å². The number of esters is 1. The Labute approximate surface area is 197 Å². The summed E-state index contributed by atoms with van der Waals surface area (Å²) in [7, 11) is 1.44. The first kappa shape index (κ1) is 24.3. The Morgan fingerprint density at radius 2 is 1.82 bits per heavy atom. The van der Waals surface area contributed by atoms with Crippen LogP contribution in [0.3, 0.4) is 0 Å². The number of pyridine rings is 1. The molecular weight excluding hydrogens is 440 g/mol. The number of carbonyl (C=O) groups is 2. The fourth-order valence-electron chi connectivity index (χ4n) is 3.08. The molecule has 0 aliphatic rings. The second-order valence-electron chi connectivity index (χ2n) is 7.83. The van der Waals surface area contributed by atoms with Gasteiger partial charge in [0.2, 0.25) is 5.75 Å². The summed E-state index contributed by atoms with van der Waals surface area (Å²) in [4.78, 5) is 29.1. The molecular formula is C24H28N4O4S. The van der Waals surface area contributed by atoms with Gasteiger partial charge in [0, 0.05) is 24.2 Å². The summed E-state index contributed by atoms with van der Waals surface area (Å²) >= 11 is 1.41. The van der Waals surface area contributed by atoms with Crippen molar-refractivity contribution in [2.45, 2.75) is 52.5 Å². The minimum atomic E-state index is -0.501. The van der Waals surface area contributed by atoms with Gasteiger partial charge in [0.05, 0.1) is 13.2 Å². The van der Waals surface area contributed by atoms with E-state index in [1.165, 1.54) is 36.3 Å². The minimum absolute atomic E-state index is 0.00588. The Hall–Kier alpha value is -3.33. The van der Waals surface area contributed by atoms with E-state index in [1.807, 2.05) is 26.0 Å². The number of carbonyl (C=O) groups excluding carboxylic acids is 2. The standard InChI is InChI=1S/C24H28N4O4S/c1-6-7-19(29)32-21-18(31-5)12-13-25-20(21)22(30)26-15(4)23-27-28-24(33-23)17-10-8-16(9-11-17)14(2)3/h8-15H,6-7H2,1-5H3,(H,26,30)/t15-/m0/s1. The van der Waals surface area contributed by atoms with Crippen LogP contribution < -0.4 is 14.8 Å². The van der Waals surface area contributed by atoms with E-state index in [0.29, 0.717) is 17.3 Å². The molecule has 0 bridgehead atoms. The molecule has 2 heterocycles. The second kappa shape index (κ2) is 11.0. The van der Waals surface area contributed by atoms with E-state index in [0.717, 1.165) is 10.6 Å². The summed E-state index contributed by atoms with van der Waals surface area (Å²) in [6, 6.07) is 9.34. The lowest BCUT2D eigenvalue weighted by Gasteiger charge is -2.14. The normalized spacial score (nSPS) is 11.8. The molecule has 1 aromatic carbocycles. The second-order valence-corrected chi connectivity index (χ2v) is 8.84. The molecule has 3 aromatic rings. The van der Waals surface area contributed by atoms with Crippen molar-refractivity contribution in [2.75, 3.05) is 7.11 Å². The van der Waals surface area contributed by atoms with E-state index in [9.17, 15) is 9.59 Å². The largest absolute Gasteiger partial charge is 0.493 e. The number of nitrogens with one attached hydrogen (secondary N) is 1. The molecule has 1 amide bonds. The average molecular weight is 469 g/mol. The third-order valence-corrected chi connectivity index (χ3v) is 6.11. The summed E-state index contributed by atoms with van der Waals surface area (Å²) in [5.41, 5.74) is 2.20. The zero-order valence-corrected chi connectivity index (χ0v) is 20.2. The predicted molar refractivity (Wildman–Crippen MR) is 127 cm³/mol. The number of ether oxygens (including phenoxy) is 2. The molecule has 3 rings (SSSR count). The molecule has 8 nitrogen and oxygen atoms in total. The van der Waals surface area contributed by atoms with Gasteiger partial charge >= 0.3 is 5.97 Å². The van der Waals surface area contributed by atoms with Crippen molar-refractivity contribution in [1.29, 1.82) is 0 Å². The Morgan fingerprint density at radius 3 is 2.45 bits per heavy atom. The summed E-state index contributed by atoms with van der Waals surface area (Å²) in [5.74, 6) is -0.237. The van der Waals surface area contributed by atoms with Gasteiger partial charge in [-0.3, -0.25) is 9.59 Å². The molecule has 0 saturated carbocycles. The van der Waals surface area contributed by atoms with Gasteiger partial charge in [-0.1, -0.05) is 56.4 Å². The number of methoxy groups -OCH3 is 1. The van der Waals surface area contributed by atoms with E-state index in [-0.39, 0.29) is 23.6 Å². The van der Waals surface area contributed by atoms with Crippen molar-refractivity contribution in [3.63, 3.8) is 0 Å². The Morgan fingerprint density at radius 1 is 1.09 bits per heavy atom. The SMILES string of the molecule is CCCC(=O)Oc1c(OC)ccnc1C(=O)N[C@@H](C)c1nnc(-c2ccc(C(C)C)cc2)s1. The van der Waals surface area contributed by atoms with Crippen LogP contribution in [0.2, 0.25) is 0 Å². The lowest BCUT2D eigenvalue weighted by molar-refractivity contribution is -0.134. The minimum Gasteiger partial charge on any atom is -0.493 e. The quantitative estimate of drug-likeness (QED) is 0.444. The molecule has 2 aromatic heterocycles. The number of nitrogens with zero attached hydrogens (tertiary/aromatic N) is 3. The number of benzene rings is 1. The van der Waals surface area contributed by atoms with Gasteiger partial charge in [-0.05, 0) is 24.8 Å². The maximum absolute atomic E-state index is 13.0. The Bertz CT molecular complexity index is 1110. The molecule has 1 atom stereocenters. The first-order valence-electron chi connectivity index (χ1n) is 10.8. The van der Waals surface area contributed by atoms with Crippen LogP contribution in [0.15, 0.2) is 36.5 Å². The number of hydrogen-bond donors (Lipinski definition) is 1. The number of rotatable bonds is 9. The zero-order valence-electron chi connectivity index (χ0n) is 19.4. The first-order chi connectivity index (χ1) is 15.8. The topological polar surface area (TPSA) is 103 Å². The van der Waals surface area contributed by atoms with Crippen LogP contribution in [0.25, 0.3) is 10.6 Å². The fourth-order valence-corrected chi connectivity index (χ4v) is 3.94. The highest BCUT2D eigenvalue weighted by atomic mass is 32.1. The van der Waals surface area contributed by atoms with Gasteiger partial charge in [0.25, 0.3) is 5.91 Å². The first-order valence-corrected chi connectivity index (χ1v) is 11.6. The van der Waals surface area contributed by atoms with Crippen LogP contribution in [-0.2, 0) is 4.79 Å². The Kier molecular flexibility index (Phi) is 8.11. The molecule has 174 valence electrons. The summed E-state index contributed by atoms with van der Waals surface area (Å²) in [6.45, 7) is 7.98. The average Bonchev–Trinajstić information content (AvgIpc) is 3.30. The highest BCUT2D eigenvalue weighted by Crippen LogP contribution is 2.31. The molecule has 33 heavy (non-hydrogen) atoms. The number of hydrogen-bond acceptors (Lipinski definition) is 8. The van der Waals surface area contributed by atoms with Gasteiger partial charge in [-0.25, -0.2) is 4.98 Å². The summed E-state index contributed by atoms with van der Waals surface area (Å²) in [5, 5.41) is 12.8. The van der Waals surface area contributed by atoms with Crippen molar-refractivity contribution in [3.05, 3.63) is 52.8 Å². The maximum Gasteiger partial charge on any atom is 0.311 e. The van der Waals surface area contributed by atoms with Gasteiger partial charge < -0.3 is 14.8 Å². The van der Waals surface area contributed by atoms with E-state index >= 15 is 0 Å². The van der Waals surface area contributed by atoms with Crippen molar-refractivity contribution >= 4 is 23.2 Å². The van der Waals surface area contributed by atoms with Crippen LogP contribution in [0, 0.1) is 0 Å². The van der Waals surface area contributed by atoms with Crippen molar-refractivity contribution in [3.8, 4) is 22.1 Å². The van der Waals surface area contributed by atoms with Crippen molar-refractivity contribution < 1.29 is 19.1 Å². The number of aromatic nitrogens is 3. The fraction of sp³-hybridized carbons (Fsp3) is 0.375. The lowest BCUT2D eigenvalue weighted by Crippen LogP contribution is -2.28. The lowest BCUT2D eigenvalue weighted by atomic mass is 10.0. The zero-order chi connectivity index (χ0) is 24.0. The third kappa shape index (κ3) is 5.92. The van der Waals surface area contributed by atoms with E-state index in [4.69, 9.17) is 9.47 Å². The third-order valence-electron chi connectivity index (χ3n) is 4.96. The van der Waals surface area contributed by atoms with E-state index in [1.54, 1.807) is 0 Å². The van der Waals surface area contributed by atoms with Gasteiger partial charge in [-0.15, -0.1) is 10.2 Å². The van der Waals surface area contributed by atoms with Crippen LogP contribution in [0.4, 0.5) is 0 Å². The van der Waals surface area contributed by atoms with E-state index in [2.05, 4.69) is 46.5 Å². The highest BCUT2D eigenvalue weighted by molar-refractivity contribution is 7.14. The molecule has 9 heteroatoms. The molecule has 0 spiro atoms. The van der Waals surface area contributed by atoms with Gasteiger partial charge in [0.15, 0.2) is 11.4 Å². The summed E-state index contributed by atoms with van der Waals surface area (Å²) < 4.78 is 10.7. The van der Waals surface area contributed by atoms with E-state index < -0.39 is 17.9 Å². The summed E-state index contributed by atoms with van der Waals surface area (Å²) in [6.07, 6.45) is 2.28. The highest BCUT2D eigenvalue weighted by Gasteiger charge is 2.24. The maximum atomic E-state index is 13.0. The number of amides is 1. The van der Waals surface area contributed by atoms with Crippen molar-refractivity contribution in [2.24, 2.45) is 0 Å². The molecule has 0 radical (unpaired) electrons. The molecule has 0 aliphatic heterocycles. The Balaban J connectivity index is 1.77. The molecule has 1 N–H and O–H groups in total. The molecule has 0 unspecified atom stereocenters. The van der Waals surface area contributed by atoms with Crippen LogP contribution in [-0.4, -0.2) is 34.2 Å².